The van der Waals surface area contributed by atoms with Gasteiger partial charge in [0, 0.05) is 4.88 Å². The summed E-state index contributed by atoms with van der Waals surface area (Å²) >= 11 is 1.29. The lowest BCUT2D eigenvalue weighted by atomic mass is 10.1. The van der Waals surface area contributed by atoms with Crippen molar-refractivity contribution in [3.8, 4) is 5.75 Å². The number of esters is 2. The highest BCUT2D eigenvalue weighted by Gasteiger charge is 2.20. The van der Waals surface area contributed by atoms with E-state index in [-0.39, 0.29) is 24.7 Å². The van der Waals surface area contributed by atoms with Crippen molar-refractivity contribution >= 4 is 34.2 Å². The number of rotatable bonds is 8. The highest BCUT2D eigenvalue weighted by molar-refractivity contribution is 7.16. The van der Waals surface area contributed by atoms with Crippen LogP contribution in [0.4, 0.5) is 5.00 Å². The standard InChI is InChI=1S/C20H23NO6S/c1-4-26-20(25)15-10-16(12(2)3)28-19(15)21-17(23)11-27-18(24)9-13-5-7-14(22)8-6-13/h5-8,10,12,22H,4,9,11H2,1-3H3,(H,21,23). The van der Waals surface area contributed by atoms with E-state index < -0.39 is 24.5 Å². The van der Waals surface area contributed by atoms with Gasteiger partial charge in [-0.3, -0.25) is 9.59 Å². The fraction of sp³-hybridized carbons (Fsp3) is 0.350. The average molecular weight is 405 g/mol. The number of anilines is 1. The zero-order valence-corrected chi connectivity index (χ0v) is 16.8. The smallest absolute Gasteiger partial charge is 0.341 e. The maximum absolute atomic E-state index is 12.2. The summed E-state index contributed by atoms with van der Waals surface area (Å²) in [4.78, 5) is 37.1. The van der Waals surface area contributed by atoms with Gasteiger partial charge in [0.2, 0.25) is 0 Å². The van der Waals surface area contributed by atoms with E-state index in [1.54, 1.807) is 25.1 Å². The maximum Gasteiger partial charge on any atom is 0.341 e. The molecule has 0 spiro atoms. The molecular formula is C20H23NO6S. The molecular weight excluding hydrogens is 382 g/mol. The van der Waals surface area contributed by atoms with E-state index in [4.69, 9.17) is 9.47 Å². The van der Waals surface area contributed by atoms with Crippen LogP contribution in [0.2, 0.25) is 0 Å². The highest BCUT2D eigenvalue weighted by atomic mass is 32.1. The molecule has 2 aromatic rings. The van der Waals surface area contributed by atoms with E-state index in [1.807, 2.05) is 13.8 Å². The van der Waals surface area contributed by atoms with E-state index in [2.05, 4.69) is 5.32 Å². The van der Waals surface area contributed by atoms with Gasteiger partial charge in [0.15, 0.2) is 6.61 Å². The van der Waals surface area contributed by atoms with Crippen molar-refractivity contribution in [2.45, 2.75) is 33.1 Å². The number of carbonyl (C=O) groups is 3. The molecule has 28 heavy (non-hydrogen) atoms. The van der Waals surface area contributed by atoms with Gasteiger partial charge in [0.1, 0.15) is 10.8 Å². The van der Waals surface area contributed by atoms with Crippen LogP contribution in [0.3, 0.4) is 0 Å². The van der Waals surface area contributed by atoms with Crippen LogP contribution in [0.1, 0.15) is 47.5 Å². The third-order valence-corrected chi connectivity index (χ3v) is 5.07. The summed E-state index contributed by atoms with van der Waals surface area (Å²) in [6, 6.07) is 7.84. The molecule has 7 nitrogen and oxygen atoms in total. The Labute approximate surface area is 167 Å². The molecule has 1 aromatic carbocycles. The average Bonchev–Trinajstić information content (AvgIpc) is 3.06. The largest absolute Gasteiger partial charge is 0.508 e. The molecule has 2 N–H and O–H groups in total. The molecule has 0 radical (unpaired) electrons. The van der Waals surface area contributed by atoms with Crippen LogP contribution in [0.5, 0.6) is 5.75 Å². The number of hydrogen-bond donors (Lipinski definition) is 2. The van der Waals surface area contributed by atoms with Crippen LogP contribution in [0.15, 0.2) is 30.3 Å². The zero-order valence-electron chi connectivity index (χ0n) is 16.0. The Balaban J connectivity index is 1.95. The van der Waals surface area contributed by atoms with Crippen LogP contribution in [0.25, 0.3) is 0 Å². The Bertz CT molecular complexity index is 841. The molecule has 150 valence electrons. The van der Waals surface area contributed by atoms with Gasteiger partial charge in [-0.05, 0) is 36.6 Å². The molecule has 0 fully saturated rings. The van der Waals surface area contributed by atoms with Crippen molar-refractivity contribution in [3.63, 3.8) is 0 Å². The number of thiophene rings is 1. The number of aromatic hydroxyl groups is 1. The SMILES string of the molecule is CCOC(=O)c1cc(C(C)C)sc1NC(=O)COC(=O)Cc1ccc(O)cc1. The fourth-order valence-corrected chi connectivity index (χ4v) is 3.35. The monoisotopic (exact) mass is 405 g/mol. The summed E-state index contributed by atoms with van der Waals surface area (Å²) in [5, 5.41) is 12.2. The van der Waals surface area contributed by atoms with Gasteiger partial charge >= 0.3 is 11.9 Å². The quantitative estimate of drug-likeness (QED) is 0.652. The Kier molecular flexibility index (Phi) is 7.57. The molecule has 1 amide bonds. The van der Waals surface area contributed by atoms with Crippen molar-refractivity contribution in [1.82, 2.24) is 0 Å². The topological polar surface area (TPSA) is 102 Å². The summed E-state index contributed by atoms with van der Waals surface area (Å²) < 4.78 is 10.0. The van der Waals surface area contributed by atoms with Crippen LogP contribution in [0, 0.1) is 0 Å². The summed E-state index contributed by atoms with van der Waals surface area (Å²) in [7, 11) is 0. The summed E-state index contributed by atoms with van der Waals surface area (Å²) in [5.41, 5.74) is 0.951. The third kappa shape index (κ3) is 6.09. The Morgan fingerprint density at radius 1 is 1.14 bits per heavy atom. The Morgan fingerprint density at radius 3 is 2.43 bits per heavy atom. The number of amides is 1. The summed E-state index contributed by atoms with van der Waals surface area (Å²) in [5.74, 6) is -1.33. The van der Waals surface area contributed by atoms with E-state index in [9.17, 15) is 19.5 Å². The molecule has 0 unspecified atom stereocenters. The zero-order chi connectivity index (χ0) is 20.7. The van der Waals surface area contributed by atoms with Gasteiger partial charge in [-0.15, -0.1) is 11.3 Å². The predicted molar refractivity (Wildman–Crippen MR) is 106 cm³/mol. The van der Waals surface area contributed by atoms with Gasteiger partial charge in [-0.2, -0.15) is 0 Å². The molecule has 2 rings (SSSR count). The molecule has 0 aliphatic carbocycles. The van der Waals surface area contributed by atoms with Gasteiger partial charge in [-0.1, -0.05) is 26.0 Å². The second-order valence-electron chi connectivity index (χ2n) is 6.32. The first-order valence-corrected chi connectivity index (χ1v) is 9.66. The Morgan fingerprint density at radius 2 is 1.82 bits per heavy atom. The van der Waals surface area contributed by atoms with Gasteiger partial charge in [0.05, 0.1) is 18.6 Å². The first-order valence-electron chi connectivity index (χ1n) is 8.84. The number of benzene rings is 1. The van der Waals surface area contributed by atoms with E-state index in [0.717, 1.165) is 4.88 Å². The van der Waals surface area contributed by atoms with Gasteiger partial charge in [0.25, 0.3) is 5.91 Å². The van der Waals surface area contributed by atoms with Crippen molar-refractivity contribution in [2.24, 2.45) is 0 Å². The minimum absolute atomic E-state index is 0.0157. The minimum Gasteiger partial charge on any atom is -0.508 e. The van der Waals surface area contributed by atoms with Crippen LogP contribution >= 0.6 is 11.3 Å². The number of phenolic OH excluding ortho intramolecular Hbond substituents is 1. The first kappa shape index (κ1) is 21.4. The fourth-order valence-electron chi connectivity index (χ4n) is 2.29. The normalized spacial score (nSPS) is 10.6. The molecule has 0 aliphatic heterocycles. The summed E-state index contributed by atoms with van der Waals surface area (Å²) in [6.45, 7) is 5.44. The number of ether oxygens (including phenoxy) is 2. The molecule has 1 aromatic heterocycles. The van der Waals surface area contributed by atoms with Crippen LogP contribution < -0.4 is 5.32 Å². The number of hydrogen-bond acceptors (Lipinski definition) is 7. The molecule has 1 heterocycles. The molecule has 0 atom stereocenters. The second-order valence-corrected chi connectivity index (χ2v) is 7.40. The molecule has 0 saturated heterocycles. The predicted octanol–water partition coefficient (Wildman–Crippen LogP) is 3.48. The molecule has 0 bridgehead atoms. The van der Waals surface area contributed by atoms with E-state index in [1.165, 1.54) is 23.5 Å². The van der Waals surface area contributed by atoms with Crippen molar-refractivity contribution in [3.05, 3.63) is 46.3 Å². The lowest BCUT2D eigenvalue weighted by molar-refractivity contribution is -0.146. The van der Waals surface area contributed by atoms with Gasteiger partial charge in [-0.25, -0.2) is 4.79 Å². The highest BCUT2D eigenvalue weighted by Crippen LogP contribution is 2.33. The minimum atomic E-state index is -0.569. The number of carbonyl (C=O) groups excluding carboxylic acids is 3. The van der Waals surface area contributed by atoms with Crippen molar-refractivity contribution in [2.75, 3.05) is 18.5 Å². The van der Waals surface area contributed by atoms with Crippen LogP contribution in [-0.2, 0) is 25.5 Å². The second kappa shape index (κ2) is 9.89. The summed E-state index contributed by atoms with van der Waals surface area (Å²) in [6.07, 6.45) is -0.0157. The lowest BCUT2D eigenvalue weighted by Crippen LogP contribution is -2.22. The van der Waals surface area contributed by atoms with Crippen molar-refractivity contribution < 1.29 is 29.0 Å². The Hall–Kier alpha value is -2.87. The lowest BCUT2D eigenvalue weighted by Gasteiger charge is -2.07. The number of nitrogens with one attached hydrogen (secondary N) is 1. The first-order chi connectivity index (χ1) is 13.3. The van der Waals surface area contributed by atoms with Crippen molar-refractivity contribution in [1.29, 1.82) is 0 Å². The molecule has 8 heteroatoms. The maximum atomic E-state index is 12.2. The number of phenols is 1. The molecule has 0 saturated carbocycles. The molecule has 0 aliphatic rings. The van der Waals surface area contributed by atoms with Crippen LogP contribution in [-0.4, -0.2) is 36.2 Å². The van der Waals surface area contributed by atoms with Gasteiger partial charge < -0.3 is 19.9 Å². The third-order valence-electron chi connectivity index (χ3n) is 3.72. The van der Waals surface area contributed by atoms with E-state index in [0.29, 0.717) is 16.1 Å². The van der Waals surface area contributed by atoms with E-state index >= 15 is 0 Å².